The van der Waals surface area contributed by atoms with E-state index in [4.69, 9.17) is 0 Å². The van der Waals surface area contributed by atoms with E-state index in [0.717, 1.165) is 12.7 Å². The van der Waals surface area contributed by atoms with Crippen molar-refractivity contribution in [3.05, 3.63) is 36.5 Å². The Morgan fingerprint density at radius 1 is 1.24 bits per heavy atom. The lowest BCUT2D eigenvalue weighted by Crippen LogP contribution is -2.17. The lowest BCUT2D eigenvalue weighted by Gasteiger charge is -2.21. The van der Waals surface area contributed by atoms with Crippen LogP contribution in [0.4, 0.5) is 0 Å². The second kappa shape index (κ2) is 21.2. The Labute approximate surface area is 134 Å². The van der Waals surface area contributed by atoms with Gasteiger partial charge in [0.2, 0.25) is 0 Å². The van der Waals surface area contributed by atoms with Crippen molar-refractivity contribution in [1.29, 1.82) is 0 Å². The molecule has 0 aromatic carbocycles. The van der Waals surface area contributed by atoms with Crippen LogP contribution in [0.15, 0.2) is 36.5 Å². The maximum absolute atomic E-state index is 10.2. The molecule has 0 amide bonds. The number of allylic oxidation sites excluding steroid dienone is 5. The normalized spacial score (nSPS) is 11.8. The van der Waals surface area contributed by atoms with Crippen LogP contribution in [0.5, 0.6) is 0 Å². The SMILES string of the molecule is C=C/C=C\C(=C/C)CC.CC.CC(C=O)C(C)(C)C.CN. The average molecular weight is 298 g/mol. The molecule has 2 N–H and O–H groups in total. The zero-order valence-corrected chi connectivity index (χ0v) is 15.9. The van der Waals surface area contributed by atoms with Gasteiger partial charge in [-0.2, -0.15) is 0 Å². The van der Waals surface area contributed by atoms with Gasteiger partial charge < -0.3 is 10.5 Å². The summed E-state index contributed by atoms with van der Waals surface area (Å²) in [5, 5.41) is 0. The van der Waals surface area contributed by atoms with Crippen molar-refractivity contribution in [2.24, 2.45) is 17.1 Å². The predicted octanol–water partition coefficient (Wildman–Crippen LogP) is 5.55. The maximum Gasteiger partial charge on any atom is 0.123 e. The first-order chi connectivity index (χ1) is 9.83. The van der Waals surface area contributed by atoms with Gasteiger partial charge in [-0.25, -0.2) is 0 Å². The van der Waals surface area contributed by atoms with E-state index in [1.807, 2.05) is 33.8 Å². The van der Waals surface area contributed by atoms with Crippen molar-refractivity contribution in [2.45, 2.75) is 61.8 Å². The minimum atomic E-state index is 0.141. The lowest BCUT2D eigenvalue weighted by molar-refractivity contribution is -0.113. The Kier molecular flexibility index (Phi) is 28.3. The predicted molar refractivity (Wildman–Crippen MR) is 99.5 cm³/mol. The van der Waals surface area contributed by atoms with E-state index in [1.54, 1.807) is 6.08 Å². The average Bonchev–Trinajstić information content (AvgIpc) is 2.51. The Bertz CT molecular complexity index is 270. The Morgan fingerprint density at radius 2 is 1.67 bits per heavy atom. The van der Waals surface area contributed by atoms with Gasteiger partial charge >= 0.3 is 0 Å². The van der Waals surface area contributed by atoms with E-state index >= 15 is 0 Å². The maximum atomic E-state index is 10.2. The molecule has 0 rings (SSSR count). The first kappa shape index (κ1) is 28.1. The molecular formula is C19H39NO. The molecule has 126 valence electrons. The van der Waals surface area contributed by atoms with Gasteiger partial charge in [-0.15, -0.1) is 0 Å². The third-order valence-electron chi connectivity index (χ3n) is 2.80. The number of carbonyl (C=O) groups excluding carboxylic acids is 1. The van der Waals surface area contributed by atoms with Crippen LogP contribution >= 0.6 is 0 Å². The van der Waals surface area contributed by atoms with Gasteiger partial charge in [-0.3, -0.25) is 0 Å². The van der Waals surface area contributed by atoms with E-state index in [2.05, 4.69) is 52.2 Å². The summed E-state index contributed by atoms with van der Waals surface area (Å²) in [6.07, 6.45) is 10.0. The van der Waals surface area contributed by atoms with Crippen LogP contribution in [0.1, 0.15) is 61.8 Å². The van der Waals surface area contributed by atoms with Gasteiger partial charge in [0.1, 0.15) is 6.29 Å². The highest BCUT2D eigenvalue weighted by Crippen LogP contribution is 2.22. The van der Waals surface area contributed by atoms with E-state index in [1.165, 1.54) is 12.6 Å². The first-order valence-corrected chi connectivity index (χ1v) is 7.80. The highest BCUT2D eigenvalue weighted by molar-refractivity contribution is 5.53. The zero-order valence-electron chi connectivity index (χ0n) is 15.9. The van der Waals surface area contributed by atoms with Crippen LogP contribution in [0.3, 0.4) is 0 Å². The second-order valence-corrected chi connectivity index (χ2v) is 5.10. The smallest absolute Gasteiger partial charge is 0.123 e. The minimum Gasteiger partial charge on any atom is -0.333 e. The van der Waals surface area contributed by atoms with Crippen molar-refractivity contribution in [2.75, 3.05) is 7.05 Å². The van der Waals surface area contributed by atoms with Crippen molar-refractivity contribution >= 4 is 6.29 Å². The highest BCUT2D eigenvalue weighted by Gasteiger charge is 2.18. The fourth-order valence-corrected chi connectivity index (χ4v) is 0.814. The molecule has 21 heavy (non-hydrogen) atoms. The lowest BCUT2D eigenvalue weighted by atomic mass is 9.83. The second-order valence-electron chi connectivity index (χ2n) is 5.10. The summed E-state index contributed by atoms with van der Waals surface area (Å²) >= 11 is 0. The number of carbonyl (C=O) groups is 1. The van der Waals surface area contributed by atoms with Crippen molar-refractivity contribution in [1.82, 2.24) is 0 Å². The molecule has 0 aliphatic heterocycles. The van der Waals surface area contributed by atoms with Crippen LogP contribution in [0, 0.1) is 11.3 Å². The quantitative estimate of drug-likeness (QED) is 0.546. The van der Waals surface area contributed by atoms with E-state index in [9.17, 15) is 4.79 Å². The van der Waals surface area contributed by atoms with Crippen molar-refractivity contribution < 1.29 is 4.79 Å². The topological polar surface area (TPSA) is 43.1 Å². The number of aldehydes is 1. The van der Waals surface area contributed by atoms with E-state index in [-0.39, 0.29) is 11.3 Å². The van der Waals surface area contributed by atoms with Crippen LogP contribution in [-0.4, -0.2) is 13.3 Å². The van der Waals surface area contributed by atoms with Gasteiger partial charge in [0.25, 0.3) is 0 Å². The largest absolute Gasteiger partial charge is 0.333 e. The Morgan fingerprint density at radius 3 is 1.81 bits per heavy atom. The molecule has 0 aromatic heterocycles. The summed E-state index contributed by atoms with van der Waals surface area (Å²) in [5.41, 5.74) is 6.00. The summed E-state index contributed by atoms with van der Waals surface area (Å²) in [5.74, 6) is 0.169. The molecule has 0 aromatic rings. The summed E-state index contributed by atoms with van der Waals surface area (Å²) in [4.78, 5) is 10.2. The molecule has 0 heterocycles. The van der Waals surface area contributed by atoms with Crippen LogP contribution < -0.4 is 5.73 Å². The number of hydrogen-bond donors (Lipinski definition) is 1. The molecule has 2 nitrogen and oxygen atoms in total. The van der Waals surface area contributed by atoms with Gasteiger partial charge in [0.15, 0.2) is 0 Å². The Balaban J connectivity index is -0.000000111. The van der Waals surface area contributed by atoms with Crippen molar-refractivity contribution in [3.8, 4) is 0 Å². The molecule has 0 fully saturated rings. The molecular weight excluding hydrogens is 258 g/mol. The minimum absolute atomic E-state index is 0.141. The zero-order chi connectivity index (χ0) is 17.9. The standard InChI is InChI=1S/C9H14.C7H14O.C2H6.CH5N/c1-4-7-8-9(5-2)6-3;1-6(5-8)7(2,3)4;2*1-2/h4-5,7-8H,1,6H2,2-3H3;5-6H,1-4H3;1-2H3;2H2,1H3/b8-7-,9-5-;;;. The van der Waals surface area contributed by atoms with Gasteiger partial charge in [0.05, 0.1) is 0 Å². The van der Waals surface area contributed by atoms with Gasteiger partial charge in [0, 0.05) is 5.92 Å². The molecule has 0 bridgehead atoms. The highest BCUT2D eigenvalue weighted by atomic mass is 16.1. The third kappa shape index (κ3) is 24.3. The summed E-state index contributed by atoms with van der Waals surface area (Å²) in [6, 6.07) is 0. The van der Waals surface area contributed by atoms with Gasteiger partial charge in [-0.05, 0) is 25.8 Å². The van der Waals surface area contributed by atoms with E-state index < -0.39 is 0 Å². The van der Waals surface area contributed by atoms with Crippen molar-refractivity contribution in [3.63, 3.8) is 0 Å². The number of rotatable bonds is 4. The van der Waals surface area contributed by atoms with Crippen LogP contribution in [-0.2, 0) is 4.79 Å². The molecule has 0 saturated carbocycles. The summed E-state index contributed by atoms with van der Waals surface area (Å²) in [6.45, 7) is 19.9. The Hall–Kier alpha value is -1.15. The monoisotopic (exact) mass is 297 g/mol. The van der Waals surface area contributed by atoms with E-state index in [0.29, 0.717) is 0 Å². The summed E-state index contributed by atoms with van der Waals surface area (Å²) in [7, 11) is 1.50. The molecule has 2 heteroatoms. The third-order valence-corrected chi connectivity index (χ3v) is 2.80. The first-order valence-electron chi connectivity index (χ1n) is 7.80. The fraction of sp³-hybridized carbons (Fsp3) is 0.632. The van der Waals surface area contributed by atoms with Crippen LogP contribution in [0.2, 0.25) is 0 Å². The molecule has 0 spiro atoms. The molecule has 0 aliphatic carbocycles. The van der Waals surface area contributed by atoms with Gasteiger partial charge in [-0.1, -0.05) is 84.9 Å². The molecule has 0 saturated heterocycles. The summed E-state index contributed by atoms with van der Waals surface area (Å²) < 4.78 is 0. The number of hydrogen-bond acceptors (Lipinski definition) is 2. The molecule has 0 aliphatic rings. The molecule has 1 unspecified atom stereocenters. The number of nitrogens with two attached hydrogens (primary N) is 1. The van der Waals surface area contributed by atoms with Crippen LogP contribution in [0.25, 0.3) is 0 Å². The molecule has 0 radical (unpaired) electrons. The fourth-order valence-electron chi connectivity index (χ4n) is 0.814. The molecule has 1 atom stereocenters.